The number of piperidine rings is 3. The van der Waals surface area contributed by atoms with Gasteiger partial charge in [-0.25, -0.2) is 0 Å². The molecule has 1 aromatic rings. The molecule has 1 amide bonds. The second-order valence-electron chi connectivity index (χ2n) is 5.53. The van der Waals surface area contributed by atoms with Gasteiger partial charge < -0.3 is 10.2 Å². The van der Waals surface area contributed by atoms with Crippen LogP contribution in [-0.4, -0.2) is 36.5 Å². The van der Waals surface area contributed by atoms with Crippen molar-refractivity contribution in [3.8, 4) is 0 Å². The Kier molecular flexibility index (Phi) is 3.08. The molecule has 3 heterocycles. The van der Waals surface area contributed by atoms with Crippen molar-refractivity contribution in [3.63, 3.8) is 0 Å². The zero-order chi connectivity index (χ0) is 12.5. The van der Waals surface area contributed by atoms with Crippen molar-refractivity contribution in [3.05, 3.63) is 35.4 Å². The summed E-state index contributed by atoms with van der Waals surface area (Å²) in [5, 5.41) is 3.23. The van der Waals surface area contributed by atoms with Crippen LogP contribution in [-0.2, 0) is 0 Å². The molecule has 3 aliphatic heterocycles. The number of amides is 1. The van der Waals surface area contributed by atoms with Gasteiger partial charge in [0.05, 0.1) is 0 Å². The van der Waals surface area contributed by atoms with Crippen molar-refractivity contribution >= 4 is 5.91 Å². The van der Waals surface area contributed by atoms with Gasteiger partial charge in [-0.3, -0.25) is 4.79 Å². The largest absolute Gasteiger partial charge is 0.348 e. The van der Waals surface area contributed by atoms with E-state index in [1.807, 2.05) is 31.2 Å². The Bertz CT molecular complexity index is 450. The average molecular weight is 244 g/mol. The Labute approximate surface area is 108 Å². The van der Waals surface area contributed by atoms with Crippen molar-refractivity contribution in [2.24, 2.45) is 5.92 Å². The molecule has 0 radical (unpaired) electrons. The van der Waals surface area contributed by atoms with Gasteiger partial charge in [-0.1, -0.05) is 18.2 Å². The molecule has 1 atom stereocenters. The summed E-state index contributed by atoms with van der Waals surface area (Å²) in [6.45, 7) is 5.44. The molecule has 3 fully saturated rings. The van der Waals surface area contributed by atoms with E-state index in [2.05, 4.69) is 10.2 Å². The predicted molar refractivity (Wildman–Crippen MR) is 71.6 cm³/mol. The van der Waals surface area contributed by atoms with Crippen LogP contribution in [0.15, 0.2) is 24.3 Å². The summed E-state index contributed by atoms with van der Waals surface area (Å²) in [5.74, 6) is 0.773. The van der Waals surface area contributed by atoms with Gasteiger partial charge in [-0.2, -0.15) is 0 Å². The van der Waals surface area contributed by atoms with Gasteiger partial charge in [-0.15, -0.1) is 0 Å². The number of fused-ring (bicyclic) bond motifs is 3. The lowest BCUT2D eigenvalue weighted by atomic mass is 9.84. The minimum absolute atomic E-state index is 0.0897. The normalized spacial score (nSPS) is 30.2. The third-order valence-electron chi connectivity index (χ3n) is 4.36. The molecule has 96 valence electrons. The maximum absolute atomic E-state index is 12.3. The fourth-order valence-corrected chi connectivity index (χ4v) is 3.20. The van der Waals surface area contributed by atoms with Crippen molar-refractivity contribution in [2.75, 3.05) is 19.6 Å². The van der Waals surface area contributed by atoms with Gasteiger partial charge in [0.15, 0.2) is 0 Å². The van der Waals surface area contributed by atoms with Crippen molar-refractivity contribution in [2.45, 2.75) is 25.8 Å². The highest BCUT2D eigenvalue weighted by atomic mass is 16.1. The Morgan fingerprint density at radius 3 is 2.61 bits per heavy atom. The summed E-state index contributed by atoms with van der Waals surface area (Å²) < 4.78 is 0. The monoisotopic (exact) mass is 244 g/mol. The van der Waals surface area contributed by atoms with Crippen LogP contribution in [0.2, 0.25) is 0 Å². The van der Waals surface area contributed by atoms with E-state index in [4.69, 9.17) is 0 Å². The number of carbonyl (C=O) groups is 1. The number of nitrogens with zero attached hydrogens (tertiary/aromatic N) is 1. The smallest absolute Gasteiger partial charge is 0.251 e. The second kappa shape index (κ2) is 4.73. The molecule has 3 nitrogen and oxygen atoms in total. The van der Waals surface area contributed by atoms with Crippen LogP contribution in [0.25, 0.3) is 0 Å². The number of aryl methyl sites for hydroxylation is 1. The van der Waals surface area contributed by atoms with Gasteiger partial charge in [-0.05, 0) is 50.4 Å². The molecule has 4 rings (SSSR count). The van der Waals surface area contributed by atoms with Crippen LogP contribution < -0.4 is 5.32 Å². The topological polar surface area (TPSA) is 32.3 Å². The van der Waals surface area contributed by atoms with E-state index >= 15 is 0 Å². The fraction of sp³-hybridized carbons (Fsp3) is 0.533. The molecule has 0 saturated carbocycles. The molecule has 3 heteroatoms. The molecule has 3 saturated heterocycles. The van der Waals surface area contributed by atoms with Crippen LogP contribution in [0.4, 0.5) is 0 Å². The summed E-state index contributed by atoms with van der Waals surface area (Å²) in [5.41, 5.74) is 1.87. The standard InChI is InChI=1S/C15H20N2O/c1-11-4-2-3-5-13(11)15(18)16-14-10-17-8-6-12(14)7-9-17/h2-5,12,14H,6-10H2,1H3,(H,16,18)/t14-/m1/s1. The predicted octanol–water partition coefficient (Wildman–Crippen LogP) is 1.82. The van der Waals surface area contributed by atoms with Crippen LogP contribution in [0, 0.1) is 12.8 Å². The Balaban J connectivity index is 1.70. The van der Waals surface area contributed by atoms with E-state index in [-0.39, 0.29) is 5.91 Å². The SMILES string of the molecule is Cc1ccccc1C(=O)N[C@@H]1CN2CCC1CC2. The number of carbonyl (C=O) groups excluding carboxylic acids is 1. The number of benzene rings is 1. The summed E-state index contributed by atoms with van der Waals surface area (Å²) in [6.07, 6.45) is 2.47. The maximum Gasteiger partial charge on any atom is 0.251 e. The van der Waals surface area contributed by atoms with Crippen LogP contribution in [0.1, 0.15) is 28.8 Å². The zero-order valence-corrected chi connectivity index (χ0v) is 10.9. The summed E-state index contributed by atoms with van der Waals surface area (Å²) >= 11 is 0. The van der Waals surface area contributed by atoms with Gasteiger partial charge in [0, 0.05) is 18.2 Å². The average Bonchev–Trinajstić information content (AvgIpc) is 2.40. The summed E-state index contributed by atoms with van der Waals surface area (Å²) in [4.78, 5) is 14.7. The highest BCUT2D eigenvalue weighted by Crippen LogP contribution is 2.27. The van der Waals surface area contributed by atoms with E-state index in [1.165, 1.54) is 25.9 Å². The molecule has 1 N–H and O–H groups in total. The zero-order valence-electron chi connectivity index (χ0n) is 10.9. The number of nitrogens with one attached hydrogen (secondary N) is 1. The molecule has 18 heavy (non-hydrogen) atoms. The minimum atomic E-state index is 0.0897. The molecule has 2 bridgehead atoms. The van der Waals surface area contributed by atoms with Crippen LogP contribution >= 0.6 is 0 Å². The first-order valence-electron chi connectivity index (χ1n) is 6.83. The van der Waals surface area contributed by atoms with Crippen LogP contribution in [0.5, 0.6) is 0 Å². The van der Waals surface area contributed by atoms with E-state index in [1.54, 1.807) is 0 Å². The molecular formula is C15H20N2O. The van der Waals surface area contributed by atoms with E-state index in [9.17, 15) is 4.79 Å². The van der Waals surface area contributed by atoms with E-state index in [0.717, 1.165) is 17.7 Å². The number of hydrogen-bond donors (Lipinski definition) is 1. The summed E-state index contributed by atoms with van der Waals surface area (Å²) in [6, 6.07) is 8.15. The third-order valence-corrected chi connectivity index (χ3v) is 4.36. The highest BCUT2D eigenvalue weighted by Gasteiger charge is 2.34. The molecule has 0 aromatic heterocycles. The van der Waals surface area contributed by atoms with E-state index in [0.29, 0.717) is 12.0 Å². The fourth-order valence-electron chi connectivity index (χ4n) is 3.20. The highest BCUT2D eigenvalue weighted by molar-refractivity contribution is 5.95. The minimum Gasteiger partial charge on any atom is -0.348 e. The van der Waals surface area contributed by atoms with Gasteiger partial charge in [0.2, 0.25) is 0 Å². The van der Waals surface area contributed by atoms with E-state index < -0.39 is 0 Å². The Morgan fingerprint density at radius 2 is 2.00 bits per heavy atom. The number of rotatable bonds is 2. The first-order chi connectivity index (χ1) is 8.74. The molecule has 3 aliphatic rings. The molecule has 1 aromatic carbocycles. The van der Waals surface area contributed by atoms with Crippen molar-refractivity contribution in [1.82, 2.24) is 10.2 Å². The van der Waals surface area contributed by atoms with Crippen molar-refractivity contribution in [1.29, 1.82) is 0 Å². The number of hydrogen-bond acceptors (Lipinski definition) is 2. The van der Waals surface area contributed by atoms with Crippen LogP contribution in [0.3, 0.4) is 0 Å². The lowest BCUT2D eigenvalue weighted by Gasteiger charge is -2.44. The molecular weight excluding hydrogens is 224 g/mol. The van der Waals surface area contributed by atoms with Gasteiger partial charge in [0.25, 0.3) is 5.91 Å². The Hall–Kier alpha value is -1.35. The Morgan fingerprint density at radius 1 is 1.28 bits per heavy atom. The first kappa shape index (κ1) is 11.7. The van der Waals surface area contributed by atoms with Gasteiger partial charge in [0.1, 0.15) is 0 Å². The first-order valence-corrected chi connectivity index (χ1v) is 6.83. The lowest BCUT2D eigenvalue weighted by Crippen LogP contribution is -2.57. The maximum atomic E-state index is 12.3. The van der Waals surface area contributed by atoms with Gasteiger partial charge >= 0.3 is 0 Å². The molecule has 0 aliphatic carbocycles. The second-order valence-corrected chi connectivity index (χ2v) is 5.53. The lowest BCUT2D eigenvalue weighted by molar-refractivity contribution is 0.0620. The quantitative estimate of drug-likeness (QED) is 0.860. The molecule has 0 unspecified atom stereocenters. The molecule has 0 spiro atoms. The van der Waals surface area contributed by atoms with Crippen molar-refractivity contribution < 1.29 is 4.79 Å². The summed E-state index contributed by atoms with van der Waals surface area (Å²) in [7, 11) is 0. The third kappa shape index (κ3) is 2.15.